The van der Waals surface area contributed by atoms with Crippen molar-refractivity contribution < 1.29 is 4.79 Å². The van der Waals surface area contributed by atoms with Crippen molar-refractivity contribution in [1.29, 1.82) is 0 Å². The van der Waals surface area contributed by atoms with Crippen molar-refractivity contribution in [2.24, 2.45) is 13.0 Å². The van der Waals surface area contributed by atoms with Gasteiger partial charge < -0.3 is 20.5 Å². The van der Waals surface area contributed by atoms with Gasteiger partial charge in [-0.05, 0) is 54.2 Å². The Bertz CT molecular complexity index is 1330. The largest absolute Gasteiger partial charge is 0.388 e. The van der Waals surface area contributed by atoms with E-state index in [1.807, 2.05) is 55.4 Å². The minimum Gasteiger partial charge on any atom is -0.388 e. The number of carbonyl (C=O) groups excluding carboxylic acids is 1. The predicted molar refractivity (Wildman–Crippen MR) is 138 cm³/mol. The number of anilines is 2. The zero-order valence-corrected chi connectivity index (χ0v) is 19.9. The molecule has 34 heavy (non-hydrogen) atoms. The summed E-state index contributed by atoms with van der Waals surface area (Å²) in [4.78, 5) is 23.8. The fraction of sp³-hybridized carbons (Fsp3) is 0.296. The SMILES string of the molecule is CNc1ccc(-c2c(-c3ccc(C(=O)N4CCC(C)CC4)cc3)c3c(N)ncnc3n2C)cc1. The lowest BCUT2D eigenvalue weighted by molar-refractivity contribution is 0.0697. The first-order chi connectivity index (χ1) is 16.5. The van der Waals surface area contributed by atoms with Gasteiger partial charge in [0, 0.05) is 44.0 Å². The molecular formula is C27H30N6O. The summed E-state index contributed by atoms with van der Waals surface area (Å²) in [6.45, 7) is 3.90. The smallest absolute Gasteiger partial charge is 0.253 e. The highest BCUT2D eigenvalue weighted by atomic mass is 16.2. The van der Waals surface area contributed by atoms with Gasteiger partial charge >= 0.3 is 0 Å². The van der Waals surface area contributed by atoms with Crippen LogP contribution in [-0.4, -0.2) is 45.5 Å². The normalized spacial score (nSPS) is 14.5. The second-order valence-electron chi connectivity index (χ2n) is 9.12. The number of piperidine rings is 1. The van der Waals surface area contributed by atoms with Crippen LogP contribution in [-0.2, 0) is 7.05 Å². The molecule has 0 radical (unpaired) electrons. The van der Waals surface area contributed by atoms with E-state index in [0.29, 0.717) is 17.3 Å². The maximum Gasteiger partial charge on any atom is 0.253 e. The molecule has 0 spiro atoms. The molecule has 1 fully saturated rings. The quantitative estimate of drug-likeness (QED) is 0.462. The summed E-state index contributed by atoms with van der Waals surface area (Å²) >= 11 is 0. The average Bonchev–Trinajstić information content (AvgIpc) is 3.18. The lowest BCUT2D eigenvalue weighted by atomic mass is 9.96. The summed E-state index contributed by atoms with van der Waals surface area (Å²) in [5.41, 5.74) is 12.9. The van der Waals surface area contributed by atoms with E-state index in [9.17, 15) is 4.79 Å². The minimum atomic E-state index is 0.0992. The number of hydrogen-bond acceptors (Lipinski definition) is 5. The molecule has 0 bridgehead atoms. The number of fused-ring (bicyclic) bond motifs is 1. The fourth-order valence-electron chi connectivity index (χ4n) is 4.86. The number of amides is 1. The summed E-state index contributed by atoms with van der Waals surface area (Å²) in [5, 5.41) is 3.98. The number of nitrogens with zero attached hydrogens (tertiary/aromatic N) is 4. The molecule has 4 aromatic rings. The number of nitrogens with two attached hydrogens (primary N) is 1. The second-order valence-corrected chi connectivity index (χ2v) is 9.12. The number of hydrogen-bond donors (Lipinski definition) is 2. The van der Waals surface area contributed by atoms with E-state index in [4.69, 9.17) is 5.73 Å². The van der Waals surface area contributed by atoms with Crippen LogP contribution in [0, 0.1) is 5.92 Å². The van der Waals surface area contributed by atoms with Crippen molar-refractivity contribution in [2.45, 2.75) is 19.8 Å². The van der Waals surface area contributed by atoms with Crippen LogP contribution in [0.4, 0.5) is 11.5 Å². The number of aromatic nitrogens is 3. The summed E-state index contributed by atoms with van der Waals surface area (Å²) < 4.78 is 2.06. The maximum absolute atomic E-state index is 13.0. The zero-order chi connectivity index (χ0) is 23.8. The van der Waals surface area contributed by atoms with E-state index >= 15 is 0 Å². The highest BCUT2D eigenvalue weighted by molar-refractivity contribution is 6.08. The standard InChI is InChI=1S/C27H30N6O/c1-17-12-14-33(15-13-17)27(34)20-6-4-18(5-7-20)22-23-25(28)30-16-31-26(23)32(3)24(22)19-8-10-21(29-2)11-9-19/h4-11,16-17,29H,12-15H2,1-3H3,(H2,28,30,31). The number of benzene rings is 2. The van der Waals surface area contributed by atoms with Crippen LogP contribution in [0.5, 0.6) is 0 Å². The van der Waals surface area contributed by atoms with Gasteiger partial charge in [-0.15, -0.1) is 0 Å². The van der Waals surface area contributed by atoms with Gasteiger partial charge in [-0.25, -0.2) is 9.97 Å². The summed E-state index contributed by atoms with van der Waals surface area (Å²) in [5.74, 6) is 1.23. The Hall–Kier alpha value is -3.87. The van der Waals surface area contributed by atoms with Gasteiger partial charge in [0.15, 0.2) is 0 Å². The Morgan fingerprint density at radius 3 is 2.29 bits per heavy atom. The average molecular weight is 455 g/mol. The minimum absolute atomic E-state index is 0.0992. The maximum atomic E-state index is 13.0. The van der Waals surface area contributed by atoms with E-state index in [2.05, 4.69) is 38.9 Å². The van der Waals surface area contributed by atoms with Crippen LogP contribution in [0.15, 0.2) is 54.9 Å². The number of aryl methyl sites for hydroxylation is 1. The highest BCUT2D eigenvalue weighted by Crippen LogP contribution is 2.41. The first kappa shape index (κ1) is 21.9. The molecule has 7 heteroatoms. The Kier molecular flexibility index (Phi) is 5.69. The van der Waals surface area contributed by atoms with Gasteiger partial charge in [-0.1, -0.05) is 31.2 Å². The van der Waals surface area contributed by atoms with Crippen molar-refractivity contribution in [3.8, 4) is 22.4 Å². The molecule has 1 amide bonds. The number of likely N-dealkylation sites (tertiary alicyclic amines) is 1. The highest BCUT2D eigenvalue weighted by Gasteiger charge is 2.24. The van der Waals surface area contributed by atoms with Crippen LogP contribution in [0.1, 0.15) is 30.1 Å². The van der Waals surface area contributed by atoms with Gasteiger partial charge in [0.25, 0.3) is 5.91 Å². The first-order valence-electron chi connectivity index (χ1n) is 11.7. The van der Waals surface area contributed by atoms with Crippen molar-refractivity contribution in [2.75, 3.05) is 31.2 Å². The molecule has 1 aliphatic heterocycles. The Morgan fingerprint density at radius 2 is 1.65 bits per heavy atom. The molecule has 0 saturated carbocycles. The number of carbonyl (C=O) groups is 1. The van der Waals surface area contributed by atoms with E-state index in [0.717, 1.165) is 65.0 Å². The third kappa shape index (κ3) is 3.77. The molecule has 3 heterocycles. The van der Waals surface area contributed by atoms with Gasteiger partial charge in [0.05, 0.1) is 11.1 Å². The van der Waals surface area contributed by atoms with Gasteiger partial charge in [-0.2, -0.15) is 0 Å². The molecular weight excluding hydrogens is 424 g/mol. The predicted octanol–water partition coefficient (Wildman–Crippen LogP) is 4.80. The topological polar surface area (TPSA) is 89.1 Å². The molecule has 1 aliphatic rings. The van der Waals surface area contributed by atoms with Crippen molar-refractivity contribution in [1.82, 2.24) is 19.4 Å². The lowest BCUT2D eigenvalue weighted by Crippen LogP contribution is -2.37. The molecule has 5 rings (SSSR count). The van der Waals surface area contributed by atoms with E-state index in [-0.39, 0.29) is 5.91 Å². The van der Waals surface area contributed by atoms with Gasteiger partial charge in [0.2, 0.25) is 0 Å². The lowest BCUT2D eigenvalue weighted by Gasteiger charge is -2.30. The third-order valence-electron chi connectivity index (χ3n) is 6.93. The molecule has 0 aliphatic carbocycles. The van der Waals surface area contributed by atoms with E-state index in [1.165, 1.54) is 6.33 Å². The molecule has 0 atom stereocenters. The summed E-state index contributed by atoms with van der Waals surface area (Å²) in [6.07, 6.45) is 3.63. The molecule has 3 N–H and O–H groups in total. The van der Waals surface area contributed by atoms with Crippen LogP contribution in [0.3, 0.4) is 0 Å². The van der Waals surface area contributed by atoms with Gasteiger partial charge in [-0.3, -0.25) is 4.79 Å². The Morgan fingerprint density at radius 1 is 1.00 bits per heavy atom. The Balaban J connectivity index is 1.59. The van der Waals surface area contributed by atoms with Crippen molar-refractivity contribution >= 4 is 28.4 Å². The number of nitrogen functional groups attached to an aromatic ring is 1. The van der Waals surface area contributed by atoms with Crippen LogP contribution >= 0.6 is 0 Å². The van der Waals surface area contributed by atoms with Gasteiger partial charge in [0.1, 0.15) is 17.8 Å². The monoisotopic (exact) mass is 454 g/mol. The van der Waals surface area contributed by atoms with Crippen LogP contribution in [0.25, 0.3) is 33.4 Å². The molecule has 0 unspecified atom stereocenters. The van der Waals surface area contributed by atoms with Crippen molar-refractivity contribution in [3.05, 3.63) is 60.4 Å². The third-order valence-corrected chi connectivity index (χ3v) is 6.93. The van der Waals surface area contributed by atoms with Crippen LogP contribution in [0.2, 0.25) is 0 Å². The van der Waals surface area contributed by atoms with E-state index < -0.39 is 0 Å². The molecule has 174 valence electrons. The molecule has 1 saturated heterocycles. The first-order valence-corrected chi connectivity index (χ1v) is 11.7. The fourth-order valence-corrected chi connectivity index (χ4v) is 4.86. The molecule has 2 aromatic carbocycles. The molecule has 2 aromatic heterocycles. The summed E-state index contributed by atoms with van der Waals surface area (Å²) in [6, 6.07) is 16.1. The number of rotatable bonds is 4. The zero-order valence-electron chi connectivity index (χ0n) is 19.9. The van der Waals surface area contributed by atoms with Crippen LogP contribution < -0.4 is 11.1 Å². The summed E-state index contributed by atoms with van der Waals surface area (Å²) in [7, 11) is 3.90. The Labute approximate surface area is 199 Å². The van der Waals surface area contributed by atoms with E-state index in [1.54, 1.807) is 0 Å². The number of nitrogens with one attached hydrogen (secondary N) is 1. The molecule has 7 nitrogen and oxygen atoms in total. The second kappa shape index (κ2) is 8.82. The van der Waals surface area contributed by atoms with Crippen molar-refractivity contribution in [3.63, 3.8) is 0 Å².